The third-order valence-electron chi connectivity index (χ3n) is 3.60. The van der Waals surface area contributed by atoms with Gasteiger partial charge in [0.1, 0.15) is 11.5 Å². The van der Waals surface area contributed by atoms with Crippen molar-refractivity contribution in [3.05, 3.63) is 58.1 Å². The minimum atomic E-state index is -0.241. The molecule has 0 saturated heterocycles. The molecule has 0 radical (unpaired) electrons. The Bertz CT molecular complexity index is 770. The standard InChI is InChI=1S/C20H23ClN2O3/c1-14-6-4-7-15(2)20(14)26-11-5-10-25-19-9-8-18(21)12-17(19)13-22-23-16(3)24/h4,6-9,12-13H,5,10-11H2,1-3H3,(H,23,24)/b22-13+. The lowest BCUT2D eigenvalue weighted by atomic mass is 10.1. The van der Waals surface area contributed by atoms with Crippen molar-refractivity contribution in [3.8, 4) is 11.5 Å². The van der Waals surface area contributed by atoms with E-state index in [-0.39, 0.29) is 5.91 Å². The highest BCUT2D eigenvalue weighted by Crippen LogP contribution is 2.23. The molecule has 0 aliphatic heterocycles. The molecule has 2 aromatic carbocycles. The van der Waals surface area contributed by atoms with Crippen LogP contribution in [0.2, 0.25) is 5.02 Å². The van der Waals surface area contributed by atoms with Crippen LogP contribution >= 0.6 is 11.6 Å². The topological polar surface area (TPSA) is 59.9 Å². The molecule has 26 heavy (non-hydrogen) atoms. The third kappa shape index (κ3) is 6.08. The molecule has 2 aromatic rings. The largest absolute Gasteiger partial charge is 0.493 e. The van der Waals surface area contributed by atoms with Gasteiger partial charge in [-0.25, -0.2) is 5.43 Å². The first-order valence-electron chi connectivity index (χ1n) is 8.38. The number of halogens is 1. The number of nitrogens with one attached hydrogen (secondary N) is 1. The molecule has 0 aliphatic rings. The fraction of sp³-hybridized carbons (Fsp3) is 0.300. The van der Waals surface area contributed by atoms with E-state index >= 15 is 0 Å². The molecule has 0 aliphatic carbocycles. The maximum absolute atomic E-state index is 10.9. The van der Waals surface area contributed by atoms with E-state index in [4.69, 9.17) is 21.1 Å². The molecule has 1 amide bonds. The number of amides is 1. The molecular weight excluding hydrogens is 352 g/mol. The Morgan fingerprint density at radius 2 is 1.85 bits per heavy atom. The van der Waals surface area contributed by atoms with Crippen molar-refractivity contribution in [3.63, 3.8) is 0 Å². The Kier molecular flexibility index (Phi) is 7.48. The van der Waals surface area contributed by atoms with Crippen LogP contribution in [-0.4, -0.2) is 25.3 Å². The first-order valence-corrected chi connectivity index (χ1v) is 8.76. The van der Waals surface area contributed by atoms with Crippen molar-refractivity contribution in [1.82, 2.24) is 5.43 Å². The van der Waals surface area contributed by atoms with Crippen molar-refractivity contribution in [1.29, 1.82) is 0 Å². The molecule has 0 aromatic heterocycles. The van der Waals surface area contributed by atoms with Crippen LogP contribution in [0, 0.1) is 13.8 Å². The highest BCUT2D eigenvalue weighted by atomic mass is 35.5. The predicted molar refractivity (Wildman–Crippen MR) is 104 cm³/mol. The summed E-state index contributed by atoms with van der Waals surface area (Å²) in [6, 6.07) is 11.4. The quantitative estimate of drug-likeness (QED) is 0.426. The van der Waals surface area contributed by atoms with Crippen LogP contribution in [0.25, 0.3) is 0 Å². The van der Waals surface area contributed by atoms with Crippen LogP contribution in [0.15, 0.2) is 41.5 Å². The fourth-order valence-corrected chi connectivity index (χ4v) is 2.57. The smallest absolute Gasteiger partial charge is 0.236 e. The second-order valence-corrected chi connectivity index (χ2v) is 6.32. The lowest BCUT2D eigenvalue weighted by Gasteiger charge is -2.13. The first kappa shape index (κ1) is 19.8. The molecule has 0 spiro atoms. The monoisotopic (exact) mass is 374 g/mol. The van der Waals surface area contributed by atoms with Crippen molar-refractivity contribution in [2.75, 3.05) is 13.2 Å². The zero-order chi connectivity index (χ0) is 18.9. The SMILES string of the molecule is CC(=O)N/N=C/c1cc(Cl)ccc1OCCCOc1c(C)cccc1C. The highest BCUT2D eigenvalue weighted by molar-refractivity contribution is 6.30. The Morgan fingerprint density at radius 3 is 2.54 bits per heavy atom. The average molecular weight is 375 g/mol. The van der Waals surface area contributed by atoms with Gasteiger partial charge >= 0.3 is 0 Å². The van der Waals surface area contributed by atoms with E-state index in [0.717, 1.165) is 23.3 Å². The number of para-hydroxylation sites is 1. The molecule has 138 valence electrons. The van der Waals surface area contributed by atoms with Crippen LogP contribution < -0.4 is 14.9 Å². The summed E-state index contributed by atoms with van der Waals surface area (Å²) >= 11 is 6.01. The average Bonchev–Trinajstić information content (AvgIpc) is 2.58. The van der Waals surface area contributed by atoms with E-state index in [1.165, 1.54) is 13.1 Å². The summed E-state index contributed by atoms with van der Waals surface area (Å²) in [5.41, 5.74) is 5.30. The van der Waals surface area contributed by atoms with Gasteiger partial charge in [-0.15, -0.1) is 0 Å². The van der Waals surface area contributed by atoms with Crippen molar-refractivity contribution in [2.24, 2.45) is 5.10 Å². The molecule has 0 atom stereocenters. The van der Waals surface area contributed by atoms with Gasteiger partial charge in [-0.3, -0.25) is 4.79 Å². The second-order valence-electron chi connectivity index (χ2n) is 5.88. The van der Waals surface area contributed by atoms with Crippen molar-refractivity contribution in [2.45, 2.75) is 27.2 Å². The summed E-state index contributed by atoms with van der Waals surface area (Å²) in [4.78, 5) is 10.9. The minimum absolute atomic E-state index is 0.241. The first-order chi connectivity index (χ1) is 12.5. The molecule has 1 N–H and O–H groups in total. The highest BCUT2D eigenvalue weighted by Gasteiger charge is 2.05. The summed E-state index contributed by atoms with van der Waals surface area (Å²) in [5, 5.41) is 4.43. The lowest BCUT2D eigenvalue weighted by Crippen LogP contribution is -2.12. The zero-order valence-corrected chi connectivity index (χ0v) is 16.0. The van der Waals surface area contributed by atoms with Crippen LogP contribution in [0.5, 0.6) is 11.5 Å². The summed E-state index contributed by atoms with van der Waals surface area (Å²) in [5.74, 6) is 1.34. The number of nitrogens with zero attached hydrogens (tertiary/aromatic N) is 1. The van der Waals surface area contributed by atoms with Crippen molar-refractivity contribution >= 4 is 23.7 Å². The van der Waals surface area contributed by atoms with E-state index in [1.807, 2.05) is 32.0 Å². The Morgan fingerprint density at radius 1 is 1.15 bits per heavy atom. The molecular formula is C20H23ClN2O3. The number of aryl methyl sites for hydroxylation is 2. The summed E-state index contributed by atoms with van der Waals surface area (Å²) < 4.78 is 11.7. The number of rotatable bonds is 8. The number of benzene rings is 2. The van der Waals surface area contributed by atoms with Gasteiger partial charge < -0.3 is 9.47 Å². The maximum Gasteiger partial charge on any atom is 0.236 e. The number of hydrazone groups is 1. The molecule has 2 rings (SSSR count). The number of hydrogen-bond donors (Lipinski definition) is 1. The van der Waals surface area contributed by atoms with Gasteiger partial charge in [0.05, 0.1) is 19.4 Å². The summed E-state index contributed by atoms with van der Waals surface area (Å²) in [6.07, 6.45) is 2.24. The Labute approximate surface area is 159 Å². The molecule has 0 fully saturated rings. The van der Waals surface area contributed by atoms with Gasteiger partial charge in [-0.2, -0.15) is 5.10 Å². The third-order valence-corrected chi connectivity index (χ3v) is 3.83. The molecule has 0 unspecified atom stereocenters. The minimum Gasteiger partial charge on any atom is -0.493 e. The number of hydrogen-bond acceptors (Lipinski definition) is 4. The van der Waals surface area contributed by atoms with Gasteiger partial charge in [-0.1, -0.05) is 29.8 Å². The predicted octanol–water partition coefficient (Wildman–Crippen LogP) is 4.27. The van der Waals surface area contributed by atoms with Gasteiger partial charge in [0, 0.05) is 23.9 Å². The maximum atomic E-state index is 10.9. The summed E-state index contributed by atoms with van der Waals surface area (Å²) in [7, 11) is 0. The van der Waals surface area contributed by atoms with Crippen LogP contribution in [0.1, 0.15) is 30.0 Å². The number of carbonyl (C=O) groups is 1. The molecule has 5 nitrogen and oxygen atoms in total. The van der Waals surface area contributed by atoms with Crippen LogP contribution in [0.3, 0.4) is 0 Å². The van der Waals surface area contributed by atoms with Crippen LogP contribution in [-0.2, 0) is 4.79 Å². The normalized spacial score (nSPS) is 10.8. The van der Waals surface area contributed by atoms with Gasteiger partial charge in [0.15, 0.2) is 0 Å². The van der Waals surface area contributed by atoms with E-state index in [0.29, 0.717) is 29.5 Å². The van der Waals surface area contributed by atoms with E-state index in [1.54, 1.807) is 18.2 Å². The molecule has 0 heterocycles. The van der Waals surface area contributed by atoms with E-state index in [9.17, 15) is 4.79 Å². The van der Waals surface area contributed by atoms with Crippen molar-refractivity contribution < 1.29 is 14.3 Å². The van der Waals surface area contributed by atoms with E-state index < -0.39 is 0 Å². The lowest BCUT2D eigenvalue weighted by molar-refractivity contribution is -0.118. The molecule has 0 saturated carbocycles. The Hall–Kier alpha value is -2.53. The zero-order valence-electron chi connectivity index (χ0n) is 15.2. The molecule has 6 heteroatoms. The molecule has 0 bridgehead atoms. The van der Waals surface area contributed by atoms with Gasteiger partial charge in [0.25, 0.3) is 0 Å². The number of carbonyl (C=O) groups excluding carboxylic acids is 1. The van der Waals surface area contributed by atoms with E-state index in [2.05, 4.69) is 10.5 Å². The summed E-state index contributed by atoms with van der Waals surface area (Å²) in [6.45, 7) is 6.52. The second kappa shape index (κ2) is 9.82. The van der Waals surface area contributed by atoms with Gasteiger partial charge in [0.2, 0.25) is 5.91 Å². The Balaban J connectivity index is 1.87. The number of ether oxygens (including phenoxy) is 2. The van der Waals surface area contributed by atoms with Gasteiger partial charge in [-0.05, 0) is 43.2 Å². The van der Waals surface area contributed by atoms with Crippen LogP contribution in [0.4, 0.5) is 0 Å². The fourth-order valence-electron chi connectivity index (χ4n) is 2.39.